The second-order valence-corrected chi connectivity index (χ2v) is 9.31. The third-order valence-electron chi connectivity index (χ3n) is 6.88. The maximum absolute atomic E-state index is 14.7. The van der Waals surface area contributed by atoms with Crippen molar-refractivity contribution in [2.45, 2.75) is 37.8 Å². The summed E-state index contributed by atoms with van der Waals surface area (Å²) in [6, 6.07) is 5.93. The zero-order valence-corrected chi connectivity index (χ0v) is 18.8. The van der Waals surface area contributed by atoms with Crippen LogP contribution in [0.25, 0.3) is 21.9 Å². The number of nitrogens with two attached hydrogens (primary N) is 3. The molecule has 1 aliphatic carbocycles. The SMILES string of the molecule is NC(=O)[C@@]1(CCc2cc(F)c3cc(Cl)c(N)nc3c2)C[C@@H](O)[C@H](n2ccc3c(N)ncnc32)C1. The summed E-state index contributed by atoms with van der Waals surface area (Å²) in [5, 5.41) is 12.0. The van der Waals surface area contributed by atoms with E-state index in [1.54, 1.807) is 18.3 Å². The van der Waals surface area contributed by atoms with Crippen molar-refractivity contribution in [1.29, 1.82) is 0 Å². The highest BCUT2D eigenvalue weighted by atomic mass is 35.5. The normalized spacial score (nSPS) is 22.6. The van der Waals surface area contributed by atoms with Gasteiger partial charge in [0.15, 0.2) is 0 Å². The molecule has 1 aliphatic rings. The second-order valence-electron chi connectivity index (χ2n) is 8.91. The standard InChI is InChI=1S/C23H23ClFN7O2/c24-14-7-13-15(25)5-11(6-16(13)31-20(14)27)1-3-23(22(28)34)8-17(18(33)9-23)32-4-2-12-19(26)29-10-30-21(12)32/h2,4-7,10,17-18,33H,1,3,8-9H2,(H2,27,31)(H2,28,34)(H2,26,29,30)/t17-,18-,23-/m1/s1. The maximum Gasteiger partial charge on any atom is 0.223 e. The van der Waals surface area contributed by atoms with Gasteiger partial charge < -0.3 is 26.9 Å². The minimum atomic E-state index is -0.975. The lowest BCUT2D eigenvalue weighted by Gasteiger charge is -2.26. The van der Waals surface area contributed by atoms with Gasteiger partial charge in [0.25, 0.3) is 0 Å². The first-order chi connectivity index (χ1) is 16.2. The number of fused-ring (bicyclic) bond motifs is 2. The number of pyridine rings is 1. The van der Waals surface area contributed by atoms with Gasteiger partial charge in [-0.2, -0.15) is 0 Å². The van der Waals surface area contributed by atoms with Gasteiger partial charge in [-0.25, -0.2) is 19.3 Å². The smallest absolute Gasteiger partial charge is 0.223 e. The first-order valence-corrected chi connectivity index (χ1v) is 11.2. The van der Waals surface area contributed by atoms with Crippen LogP contribution >= 0.6 is 11.6 Å². The summed E-state index contributed by atoms with van der Waals surface area (Å²) in [6.45, 7) is 0. The van der Waals surface area contributed by atoms with Crippen LogP contribution in [0, 0.1) is 11.2 Å². The van der Waals surface area contributed by atoms with Crippen molar-refractivity contribution in [3.05, 3.63) is 53.2 Å². The molecule has 11 heteroatoms. The lowest BCUT2D eigenvalue weighted by atomic mass is 9.79. The number of nitrogen functional groups attached to an aromatic ring is 2. The van der Waals surface area contributed by atoms with Crippen molar-refractivity contribution in [2.75, 3.05) is 11.5 Å². The molecule has 0 bridgehead atoms. The van der Waals surface area contributed by atoms with E-state index in [1.165, 1.54) is 18.5 Å². The van der Waals surface area contributed by atoms with Gasteiger partial charge in [-0.1, -0.05) is 11.6 Å². The number of amides is 1. The van der Waals surface area contributed by atoms with Crippen LogP contribution in [0.2, 0.25) is 5.02 Å². The predicted octanol–water partition coefficient (Wildman–Crippen LogP) is 2.74. The van der Waals surface area contributed by atoms with Crippen LogP contribution in [0.4, 0.5) is 16.0 Å². The summed E-state index contributed by atoms with van der Waals surface area (Å²) in [6.07, 6.45) is 3.51. The molecule has 0 radical (unpaired) electrons. The summed E-state index contributed by atoms with van der Waals surface area (Å²) < 4.78 is 16.5. The van der Waals surface area contributed by atoms with Gasteiger partial charge >= 0.3 is 0 Å². The largest absolute Gasteiger partial charge is 0.391 e. The fraction of sp³-hybridized carbons (Fsp3) is 0.304. The van der Waals surface area contributed by atoms with E-state index in [-0.39, 0.29) is 22.6 Å². The van der Waals surface area contributed by atoms with Gasteiger partial charge in [-0.05, 0) is 55.5 Å². The van der Waals surface area contributed by atoms with Gasteiger partial charge in [-0.3, -0.25) is 4.79 Å². The van der Waals surface area contributed by atoms with E-state index < -0.39 is 29.3 Å². The van der Waals surface area contributed by atoms with E-state index in [1.807, 2.05) is 4.57 Å². The van der Waals surface area contributed by atoms with Gasteiger partial charge in [0.1, 0.15) is 29.4 Å². The highest BCUT2D eigenvalue weighted by molar-refractivity contribution is 6.33. The molecule has 1 saturated carbocycles. The van der Waals surface area contributed by atoms with Crippen molar-refractivity contribution in [3.63, 3.8) is 0 Å². The number of hydrogen-bond acceptors (Lipinski definition) is 7. The molecule has 9 nitrogen and oxygen atoms in total. The third kappa shape index (κ3) is 3.59. The number of rotatable bonds is 5. The second kappa shape index (κ2) is 8.07. The zero-order chi connectivity index (χ0) is 24.2. The summed E-state index contributed by atoms with van der Waals surface area (Å²) >= 11 is 5.97. The molecule has 0 saturated heterocycles. The Morgan fingerprint density at radius 2 is 2.00 bits per heavy atom. The van der Waals surface area contributed by atoms with Crippen LogP contribution < -0.4 is 17.2 Å². The van der Waals surface area contributed by atoms with Crippen molar-refractivity contribution in [3.8, 4) is 0 Å². The Morgan fingerprint density at radius 1 is 1.21 bits per heavy atom. The number of anilines is 2. The molecular formula is C23H23ClFN7O2. The van der Waals surface area contributed by atoms with Crippen LogP contribution in [0.1, 0.15) is 30.9 Å². The number of aryl methyl sites for hydroxylation is 1. The molecule has 1 fully saturated rings. The summed E-state index contributed by atoms with van der Waals surface area (Å²) in [5.41, 5.74) is 18.2. The fourth-order valence-electron chi connectivity index (χ4n) is 5.03. The minimum absolute atomic E-state index is 0.115. The third-order valence-corrected chi connectivity index (χ3v) is 7.18. The first-order valence-electron chi connectivity index (χ1n) is 10.8. The number of carbonyl (C=O) groups is 1. The van der Waals surface area contributed by atoms with Gasteiger partial charge in [0, 0.05) is 11.6 Å². The monoisotopic (exact) mass is 483 g/mol. The highest BCUT2D eigenvalue weighted by Crippen LogP contribution is 2.48. The van der Waals surface area contributed by atoms with E-state index in [4.69, 9.17) is 28.8 Å². The lowest BCUT2D eigenvalue weighted by molar-refractivity contribution is -0.128. The average Bonchev–Trinajstić information content (AvgIpc) is 3.36. The van der Waals surface area contributed by atoms with Crippen molar-refractivity contribution in [1.82, 2.24) is 19.5 Å². The fourth-order valence-corrected chi connectivity index (χ4v) is 5.18. The molecular weight excluding hydrogens is 461 g/mol. The Bertz CT molecular complexity index is 1440. The number of primary amides is 1. The number of nitrogens with zero attached hydrogens (tertiary/aromatic N) is 4. The molecule has 176 valence electrons. The summed E-state index contributed by atoms with van der Waals surface area (Å²) in [7, 11) is 0. The van der Waals surface area contributed by atoms with E-state index in [9.17, 15) is 14.3 Å². The number of carbonyl (C=O) groups excluding carboxylic acids is 1. The maximum atomic E-state index is 14.7. The summed E-state index contributed by atoms with van der Waals surface area (Å²) in [5.74, 6) is -0.527. The Kier molecular flexibility index (Phi) is 5.29. The molecule has 7 N–H and O–H groups in total. The van der Waals surface area contributed by atoms with Crippen molar-refractivity contribution in [2.24, 2.45) is 11.1 Å². The van der Waals surface area contributed by atoms with Gasteiger partial charge in [0.2, 0.25) is 5.91 Å². The molecule has 3 aromatic heterocycles. The molecule has 1 amide bonds. The quantitative estimate of drug-likeness (QED) is 0.339. The first kappa shape index (κ1) is 22.3. The highest BCUT2D eigenvalue weighted by Gasteiger charge is 2.49. The molecule has 0 unspecified atom stereocenters. The number of hydrogen-bond donors (Lipinski definition) is 4. The zero-order valence-electron chi connectivity index (χ0n) is 18.1. The average molecular weight is 484 g/mol. The van der Waals surface area contributed by atoms with Crippen LogP contribution in [-0.4, -0.2) is 36.6 Å². The molecule has 34 heavy (non-hydrogen) atoms. The van der Waals surface area contributed by atoms with Crippen LogP contribution in [0.3, 0.4) is 0 Å². The van der Waals surface area contributed by atoms with E-state index in [2.05, 4.69) is 15.0 Å². The molecule has 3 heterocycles. The van der Waals surface area contributed by atoms with Gasteiger partial charge in [-0.15, -0.1) is 0 Å². The lowest BCUT2D eigenvalue weighted by Crippen LogP contribution is -2.36. The number of benzene rings is 1. The number of aliphatic hydroxyl groups is 1. The van der Waals surface area contributed by atoms with Crippen LogP contribution in [0.15, 0.2) is 36.8 Å². The molecule has 0 aliphatic heterocycles. The van der Waals surface area contributed by atoms with E-state index >= 15 is 0 Å². The molecule has 0 spiro atoms. The minimum Gasteiger partial charge on any atom is -0.391 e. The predicted molar refractivity (Wildman–Crippen MR) is 127 cm³/mol. The molecule has 4 aromatic rings. The Morgan fingerprint density at radius 3 is 2.76 bits per heavy atom. The molecule has 3 atom stereocenters. The topological polar surface area (TPSA) is 159 Å². The van der Waals surface area contributed by atoms with E-state index in [0.717, 1.165) is 0 Å². The molecule has 5 rings (SSSR count). The molecule has 1 aromatic carbocycles. The Labute approximate surface area is 198 Å². The van der Waals surface area contributed by atoms with Crippen molar-refractivity contribution < 1.29 is 14.3 Å². The van der Waals surface area contributed by atoms with Gasteiger partial charge in [0.05, 0.1) is 33.5 Å². The number of halogens is 2. The number of aliphatic hydroxyl groups excluding tert-OH is 1. The summed E-state index contributed by atoms with van der Waals surface area (Å²) in [4.78, 5) is 25.1. The van der Waals surface area contributed by atoms with Crippen LogP contribution in [-0.2, 0) is 11.2 Å². The Hall–Kier alpha value is -3.50. The Balaban J connectivity index is 1.43. The van der Waals surface area contributed by atoms with Crippen LogP contribution in [0.5, 0.6) is 0 Å². The number of aromatic nitrogens is 4. The van der Waals surface area contributed by atoms with Crippen molar-refractivity contribution >= 4 is 51.1 Å². The van der Waals surface area contributed by atoms with E-state index in [0.29, 0.717) is 47.2 Å².